The molecule has 1 aromatic rings. The molecular formula is C10H17N3OS. The van der Waals surface area contributed by atoms with E-state index in [4.69, 9.17) is 10.5 Å². The van der Waals surface area contributed by atoms with E-state index < -0.39 is 0 Å². The summed E-state index contributed by atoms with van der Waals surface area (Å²) in [5.74, 6) is 2.11. The molecule has 2 unspecified atom stereocenters. The van der Waals surface area contributed by atoms with Crippen LogP contribution in [-0.2, 0) is 18.2 Å². The van der Waals surface area contributed by atoms with E-state index in [2.05, 4.69) is 5.10 Å². The number of aryl methyl sites for hydroxylation is 1. The van der Waals surface area contributed by atoms with Gasteiger partial charge in [0.2, 0.25) is 0 Å². The second-order valence-electron chi connectivity index (χ2n) is 3.87. The zero-order valence-corrected chi connectivity index (χ0v) is 9.74. The lowest BCUT2D eigenvalue weighted by molar-refractivity contribution is 0.0572. The minimum Gasteiger partial charge on any atom is -0.375 e. The highest BCUT2D eigenvalue weighted by atomic mass is 32.2. The highest BCUT2D eigenvalue weighted by molar-refractivity contribution is 7.99. The Kier molecular flexibility index (Phi) is 3.66. The normalized spacial score (nSPS) is 24.0. The molecule has 0 amide bonds. The lowest BCUT2D eigenvalue weighted by Crippen LogP contribution is -2.42. The van der Waals surface area contributed by atoms with Crippen LogP contribution in [0.2, 0.25) is 0 Å². The van der Waals surface area contributed by atoms with Crippen molar-refractivity contribution in [2.45, 2.75) is 18.6 Å². The maximum atomic E-state index is 6.11. The standard InChI is InChI=1S/C10H17N3OS/c1-13-6-8(5-12-13)4-9(11)10-7-15-3-2-14-10/h5-6,9-10H,2-4,7,11H2,1H3. The van der Waals surface area contributed by atoms with Crippen LogP contribution in [0.4, 0.5) is 0 Å². The SMILES string of the molecule is Cn1cc(CC(N)C2CSCCO2)cn1. The molecular weight excluding hydrogens is 210 g/mol. The van der Waals surface area contributed by atoms with Gasteiger partial charge in [0.05, 0.1) is 18.9 Å². The fraction of sp³-hybridized carbons (Fsp3) is 0.700. The first-order valence-electron chi connectivity index (χ1n) is 5.18. The smallest absolute Gasteiger partial charge is 0.0819 e. The third kappa shape index (κ3) is 2.96. The van der Waals surface area contributed by atoms with E-state index in [0.29, 0.717) is 0 Å². The van der Waals surface area contributed by atoms with Gasteiger partial charge in [0, 0.05) is 30.8 Å². The highest BCUT2D eigenvalue weighted by Gasteiger charge is 2.22. The Labute approximate surface area is 94.2 Å². The summed E-state index contributed by atoms with van der Waals surface area (Å²) in [5.41, 5.74) is 7.30. The van der Waals surface area contributed by atoms with Crippen LogP contribution in [0, 0.1) is 0 Å². The predicted molar refractivity (Wildman–Crippen MR) is 62.0 cm³/mol. The minimum absolute atomic E-state index is 0.0852. The van der Waals surface area contributed by atoms with E-state index in [9.17, 15) is 0 Å². The molecule has 0 spiro atoms. The van der Waals surface area contributed by atoms with Crippen molar-refractivity contribution in [3.8, 4) is 0 Å². The summed E-state index contributed by atoms with van der Waals surface area (Å²) in [6, 6.07) is 0.0852. The van der Waals surface area contributed by atoms with Crippen LogP contribution >= 0.6 is 11.8 Å². The van der Waals surface area contributed by atoms with Crippen molar-refractivity contribution in [1.29, 1.82) is 0 Å². The Morgan fingerprint density at radius 2 is 2.67 bits per heavy atom. The van der Waals surface area contributed by atoms with Crippen molar-refractivity contribution in [3.05, 3.63) is 18.0 Å². The molecule has 0 saturated carbocycles. The first-order chi connectivity index (χ1) is 7.25. The Bertz CT molecular complexity index is 309. The van der Waals surface area contributed by atoms with Gasteiger partial charge in [0.1, 0.15) is 0 Å². The molecule has 1 fully saturated rings. The maximum absolute atomic E-state index is 6.11. The van der Waals surface area contributed by atoms with Crippen molar-refractivity contribution in [3.63, 3.8) is 0 Å². The molecule has 5 heteroatoms. The number of ether oxygens (including phenoxy) is 1. The lowest BCUT2D eigenvalue weighted by Gasteiger charge is -2.27. The van der Waals surface area contributed by atoms with Crippen molar-refractivity contribution >= 4 is 11.8 Å². The highest BCUT2D eigenvalue weighted by Crippen LogP contribution is 2.16. The first-order valence-corrected chi connectivity index (χ1v) is 6.33. The number of nitrogens with zero attached hydrogens (tertiary/aromatic N) is 2. The molecule has 84 valence electrons. The van der Waals surface area contributed by atoms with E-state index in [0.717, 1.165) is 24.5 Å². The molecule has 4 nitrogen and oxygen atoms in total. The Morgan fingerprint density at radius 1 is 1.80 bits per heavy atom. The number of hydrogen-bond donors (Lipinski definition) is 1. The molecule has 1 aliphatic heterocycles. The van der Waals surface area contributed by atoms with E-state index in [1.165, 1.54) is 5.56 Å². The summed E-state index contributed by atoms with van der Waals surface area (Å²) >= 11 is 1.92. The molecule has 1 aromatic heterocycles. The molecule has 15 heavy (non-hydrogen) atoms. The number of rotatable bonds is 3. The molecule has 1 aliphatic rings. The Morgan fingerprint density at radius 3 is 3.27 bits per heavy atom. The van der Waals surface area contributed by atoms with Crippen LogP contribution in [-0.4, -0.2) is 40.0 Å². The van der Waals surface area contributed by atoms with Gasteiger partial charge in [-0.1, -0.05) is 0 Å². The molecule has 2 rings (SSSR count). The predicted octanol–water partition coefficient (Wildman–Crippen LogP) is 0.422. The molecule has 0 aliphatic carbocycles. The third-order valence-corrected chi connectivity index (χ3v) is 3.57. The van der Waals surface area contributed by atoms with Gasteiger partial charge in [-0.2, -0.15) is 16.9 Å². The summed E-state index contributed by atoms with van der Waals surface area (Å²) < 4.78 is 7.45. The Hall–Kier alpha value is -0.520. The fourth-order valence-electron chi connectivity index (χ4n) is 1.73. The average Bonchev–Trinajstić information content (AvgIpc) is 2.65. The van der Waals surface area contributed by atoms with Crippen LogP contribution in [0.15, 0.2) is 12.4 Å². The van der Waals surface area contributed by atoms with Gasteiger partial charge in [-0.05, 0) is 12.0 Å². The van der Waals surface area contributed by atoms with Gasteiger partial charge in [0.25, 0.3) is 0 Å². The monoisotopic (exact) mass is 227 g/mol. The number of hydrogen-bond acceptors (Lipinski definition) is 4. The van der Waals surface area contributed by atoms with E-state index in [1.54, 1.807) is 4.68 Å². The van der Waals surface area contributed by atoms with Gasteiger partial charge in [-0.25, -0.2) is 0 Å². The van der Waals surface area contributed by atoms with Gasteiger partial charge in [0.15, 0.2) is 0 Å². The van der Waals surface area contributed by atoms with Crippen LogP contribution in [0.5, 0.6) is 0 Å². The summed E-state index contributed by atoms with van der Waals surface area (Å²) in [6.07, 6.45) is 4.93. The topological polar surface area (TPSA) is 53.1 Å². The van der Waals surface area contributed by atoms with Gasteiger partial charge < -0.3 is 10.5 Å². The van der Waals surface area contributed by atoms with E-state index in [1.807, 2.05) is 31.2 Å². The molecule has 0 bridgehead atoms. The summed E-state index contributed by atoms with van der Waals surface area (Å²) in [7, 11) is 1.92. The van der Waals surface area contributed by atoms with Gasteiger partial charge >= 0.3 is 0 Å². The zero-order valence-electron chi connectivity index (χ0n) is 8.93. The largest absolute Gasteiger partial charge is 0.375 e. The van der Waals surface area contributed by atoms with Crippen molar-refractivity contribution in [1.82, 2.24) is 9.78 Å². The fourth-order valence-corrected chi connectivity index (χ4v) is 2.69. The van der Waals surface area contributed by atoms with Crippen molar-refractivity contribution in [2.75, 3.05) is 18.1 Å². The second-order valence-corrected chi connectivity index (χ2v) is 5.02. The van der Waals surface area contributed by atoms with Crippen LogP contribution in [0.3, 0.4) is 0 Å². The maximum Gasteiger partial charge on any atom is 0.0819 e. The summed E-state index contributed by atoms with van der Waals surface area (Å²) in [4.78, 5) is 0. The van der Waals surface area contributed by atoms with E-state index in [-0.39, 0.29) is 12.1 Å². The van der Waals surface area contributed by atoms with Gasteiger partial charge in [-0.3, -0.25) is 4.68 Å². The zero-order chi connectivity index (χ0) is 10.7. The first kappa shape index (κ1) is 11.0. The van der Waals surface area contributed by atoms with Crippen molar-refractivity contribution in [2.24, 2.45) is 12.8 Å². The van der Waals surface area contributed by atoms with Crippen LogP contribution < -0.4 is 5.73 Å². The van der Waals surface area contributed by atoms with Gasteiger partial charge in [-0.15, -0.1) is 0 Å². The summed E-state index contributed by atoms with van der Waals surface area (Å²) in [6.45, 7) is 0.829. The molecule has 0 aromatic carbocycles. The summed E-state index contributed by atoms with van der Waals surface area (Å²) in [5, 5.41) is 4.13. The Balaban J connectivity index is 1.88. The second kappa shape index (κ2) is 5.01. The number of aromatic nitrogens is 2. The molecule has 2 heterocycles. The quantitative estimate of drug-likeness (QED) is 0.813. The van der Waals surface area contributed by atoms with Crippen LogP contribution in [0.25, 0.3) is 0 Å². The lowest BCUT2D eigenvalue weighted by atomic mass is 10.1. The van der Waals surface area contributed by atoms with E-state index >= 15 is 0 Å². The third-order valence-electron chi connectivity index (χ3n) is 2.55. The molecule has 2 atom stereocenters. The van der Waals surface area contributed by atoms with Crippen molar-refractivity contribution < 1.29 is 4.74 Å². The number of nitrogens with two attached hydrogens (primary N) is 1. The molecule has 2 N–H and O–H groups in total. The average molecular weight is 227 g/mol. The molecule has 0 radical (unpaired) electrons. The van der Waals surface area contributed by atoms with Crippen LogP contribution in [0.1, 0.15) is 5.56 Å². The minimum atomic E-state index is 0.0852. The molecule has 1 saturated heterocycles. The number of thioether (sulfide) groups is 1.